The molecule has 1 aliphatic rings. The van der Waals surface area contributed by atoms with Gasteiger partial charge in [-0.2, -0.15) is 5.10 Å². The largest absolute Gasteiger partial charge is 0.290 e. The average molecular weight is 340 g/mol. The van der Waals surface area contributed by atoms with Gasteiger partial charge in [0.15, 0.2) is 5.69 Å². The lowest BCUT2D eigenvalue weighted by atomic mass is 9.99. The number of hydrogen-bond donors (Lipinski definition) is 3. The molecule has 0 fully saturated rings. The van der Waals surface area contributed by atoms with Gasteiger partial charge in [0.2, 0.25) is 0 Å². The third kappa shape index (κ3) is 2.67. The maximum atomic E-state index is 12.3. The first kappa shape index (κ1) is 14.9. The smallest absolute Gasteiger partial charge is 0.277 e. The summed E-state index contributed by atoms with van der Waals surface area (Å²) >= 11 is 1.51. The highest BCUT2D eigenvalue weighted by molar-refractivity contribution is 7.14. The number of amides is 2. The highest BCUT2D eigenvalue weighted by Crippen LogP contribution is 2.29. The number of hydrogen-bond acceptors (Lipinski definition) is 4. The number of thiophene rings is 1. The predicted octanol–water partition coefficient (Wildman–Crippen LogP) is 2.58. The van der Waals surface area contributed by atoms with E-state index < -0.39 is 5.91 Å². The Hall–Kier alpha value is -2.67. The molecule has 0 saturated heterocycles. The molecule has 7 heteroatoms. The number of hydrazine groups is 1. The second kappa shape index (κ2) is 6.09. The minimum absolute atomic E-state index is 0.261. The minimum atomic E-state index is -0.442. The number of aromatic amines is 1. The lowest BCUT2D eigenvalue weighted by Gasteiger charge is -2.08. The number of rotatable bonds is 2. The van der Waals surface area contributed by atoms with Gasteiger partial charge in [0.25, 0.3) is 11.8 Å². The molecular weight excluding hydrogens is 324 g/mol. The van der Waals surface area contributed by atoms with Crippen molar-refractivity contribution < 1.29 is 9.59 Å². The summed E-state index contributed by atoms with van der Waals surface area (Å²) in [6.07, 6.45) is 4.43. The molecule has 2 amide bonds. The van der Waals surface area contributed by atoms with Crippen LogP contribution in [0.5, 0.6) is 0 Å². The van der Waals surface area contributed by atoms with Gasteiger partial charge in [-0.3, -0.25) is 25.5 Å². The van der Waals surface area contributed by atoms with Crippen molar-refractivity contribution in [3.8, 4) is 0 Å². The predicted molar refractivity (Wildman–Crippen MR) is 92.0 cm³/mol. The molecule has 2 heterocycles. The standard InChI is InChI=1S/C17H16N4O2S/c22-16(14-9-10-5-1-4-8-13(10)24-14)20-21-17(23)15-11-6-2-3-7-12(11)18-19-15/h2-3,6-7,9H,1,4-5,8H2,(H,18,19)(H,20,22)(H,21,23). The SMILES string of the molecule is O=C(NNC(=O)c1n[nH]c2ccccc12)c1cc2c(s1)CCCC2. The van der Waals surface area contributed by atoms with E-state index in [9.17, 15) is 9.59 Å². The van der Waals surface area contributed by atoms with Crippen LogP contribution in [0.2, 0.25) is 0 Å². The van der Waals surface area contributed by atoms with E-state index in [1.807, 2.05) is 30.3 Å². The normalized spacial score (nSPS) is 13.5. The Kier molecular flexibility index (Phi) is 3.78. The fourth-order valence-electron chi connectivity index (χ4n) is 2.97. The van der Waals surface area contributed by atoms with Gasteiger partial charge in [0.05, 0.1) is 10.4 Å². The monoisotopic (exact) mass is 340 g/mol. The maximum Gasteiger partial charge on any atom is 0.290 e. The van der Waals surface area contributed by atoms with Crippen LogP contribution in [-0.2, 0) is 12.8 Å². The van der Waals surface area contributed by atoms with E-state index in [-0.39, 0.29) is 11.6 Å². The van der Waals surface area contributed by atoms with Gasteiger partial charge in [0, 0.05) is 10.3 Å². The number of nitrogens with zero attached hydrogens (tertiary/aromatic N) is 1. The van der Waals surface area contributed by atoms with Crippen LogP contribution in [0.15, 0.2) is 30.3 Å². The van der Waals surface area contributed by atoms with Crippen LogP contribution in [-0.4, -0.2) is 22.0 Å². The molecule has 3 N–H and O–H groups in total. The fraction of sp³-hybridized carbons (Fsp3) is 0.235. The third-order valence-corrected chi connectivity index (χ3v) is 5.43. The second-order valence-corrected chi connectivity index (χ2v) is 6.93. The van der Waals surface area contributed by atoms with Crippen molar-refractivity contribution in [2.24, 2.45) is 0 Å². The Morgan fingerprint density at radius 2 is 1.88 bits per heavy atom. The van der Waals surface area contributed by atoms with E-state index in [1.165, 1.54) is 34.6 Å². The summed E-state index contributed by atoms with van der Waals surface area (Å²) in [6, 6.07) is 9.28. The lowest BCUT2D eigenvalue weighted by Crippen LogP contribution is -2.41. The van der Waals surface area contributed by atoms with Gasteiger partial charge in [-0.05, 0) is 43.4 Å². The number of nitrogens with one attached hydrogen (secondary N) is 3. The number of aromatic nitrogens is 2. The highest BCUT2D eigenvalue weighted by Gasteiger charge is 2.19. The molecule has 3 aromatic rings. The van der Waals surface area contributed by atoms with Crippen molar-refractivity contribution in [1.29, 1.82) is 0 Å². The molecule has 2 aromatic heterocycles. The van der Waals surface area contributed by atoms with E-state index in [4.69, 9.17) is 0 Å². The summed E-state index contributed by atoms with van der Waals surface area (Å²) in [4.78, 5) is 26.4. The molecule has 6 nitrogen and oxygen atoms in total. The first-order valence-electron chi connectivity index (χ1n) is 7.88. The zero-order valence-electron chi connectivity index (χ0n) is 12.9. The highest BCUT2D eigenvalue weighted by atomic mass is 32.1. The van der Waals surface area contributed by atoms with Crippen LogP contribution in [0, 0.1) is 0 Å². The van der Waals surface area contributed by atoms with Crippen molar-refractivity contribution in [3.63, 3.8) is 0 Å². The molecule has 0 radical (unpaired) electrons. The molecule has 0 aliphatic heterocycles. The van der Waals surface area contributed by atoms with Crippen molar-refractivity contribution in [3.05, 3.63) is 51.3 Å². The lowest BCUT2D eigenvalue weighted by molar-refractivity contribution is 0.0847. The molecule has 4 rings (SSSR count). The molecule has 24 heavy (non-hydrogen) atoms. The summed E-state index contributed by atoms with van der Waals surface area (Å²) in [7, 11) is 0. The quantitative estimate of drug-likeness (QED) is 0.627. The Bertz CT molecular complexity index is 904. The molecule has 0 atom stereocenters. The second-order valence-electron chi connectivity index (χ2n) is 5.79. The van der Waals surface area contributed by atoms with E-state index in [0.29, 0.717) is 4.88 Å². The van der Waals surface area contributed by atoms with E-state index >= 15 is 0 Å². The van der Waals surface area contributed by atoms with Crippen molar-refractivity contribution in [2.45, 2.75) is 25.7 Å². The van der Waals surface area contributed by atoms with Gasteiger partial charge in [-0.15, -0.1) is 11.3 Å². The first-order valence-corrected chi connectivity index (χ1v) is 8.69. The Morgan fingerprint density at radius 1 is 1.08 bits per heavy atom. The minimum Gasteiger partial charge on any atom is -0.277 e. The van der Waals surface area contributed by atoms with Crippen LogP contribution < -0.4 is 10.9 Å². The van der Waals surface area contributed by atoms with Crippen LogP contribution >= 0.6 is 11.3 Å². The van der Waals surface area contributed by atoms with Crippen molar-refractivity contribution in [2.75, 3.05) is 0 Å². The Labute approximate surface area is 142 Å². The topological polar surface area (TPSA) is 86.9 Å². The number of benzene rings is 1. The summed E-state index contributed by atoms with van der Waals surface area (Å²) in [5.74, 6) is -0.732. The molecule has 1 aliphatic carbocycles. The summed E-state index contributed by atoms with van der Waals surface area (Å²) in [5.41, 5.74) is 7.22. The number of para-hydroxylation sites is 1. The van der Waals surface area contributed by atoms with Gasteiger partial charge in [-0.1, -0.05) is 18.2 Å². The Balaban J connectivity index is 1.45. The van der Waals surface area contributed by atoms with Crippen LogP contribution in [0.3, 0.4) is 0 Å². The van der Waals surface area contributed by atoms with E-state index in [1.54, 1.807) is 0 Å². The third-order valence-electron chi connectivity index (χ3n) is 4.20. The van der Waals surface area contributed by atoms with Crippen LogP contribution in [0.4, 0.5) is 0 Å². The summed E-state index contributed by atoms with van der Waals surface area (Å²) in [6.45, 7) is 0. The molecule has 0 bridgehead atoms. The molecule has 0 unspecified atom stereocenters. The fourth-order valence-corrected chi connectivity index (χ4v) is 4.12. The number of carbonyl (C=O) groups excluding carboxylic acids is 2. The van der Waals surface area contributed by atoms with Gasteiger partial charge in [0.1, 0.15) is 0 Å². The number of fused-ring (bicyclic) bond motifs is 2. The van der Waals surface area contributed by atoms with Crippen LogP contribution in [0.1, 0.15) is 43.4 Å². The average Bonchev–Trinajstić information content (AvgIpc) is 3.23. The van der Waals surface area contributed by atoms with E-state index in [2.05, 4.69) is 21.0 Å². The van der Waals surface area contributed by atoms with Crippen LogP contribution in [0.25, 0.3) is 10.9 Å². The van der Waals surface area contributed by atoms with Gasteiger partial charge in [-0.25, -0.2) is 0 Å². The number of carbonyl (C=O) groups is 2. The van der Waals surface area contributed by atoms with Crippen molar-refractivity contribution >= 4 is 34.1 Å². The first-order chi connectivity index (χ1) is 11.7. The summed E-state index contributed by atoms with van der Waals surface area (Å²) in [5, 5.41) is 7.53. The summed E-state index contributed by atoms with van der Waals surface area (Å²) < 4.78 is 0. The molecule has 0 spiro atoms. The number of aryl methyl sites for hydroxylation is 2. The Morgan fingerprint density at radius 3 is 2.75 bits per heavy atom. The molecule has 122 valence electrons. The molecular formula is C17H16N4O2S. The molecule has 0 saturated carbocycles. The maximum absolute atomic E-state index is 12.3. The van der Waals surface area contributed by atoms with Gasteiger partial charge >= 0.3 is 0 Å². The van der Waals surface area contributed by atoms with Gasteiger partial charge < -0.3 is 0 Å². The van der Waals surface area contributed by atoms with Crippen molar-refractivity contribution in [1.82, 2.24) is 21.0 Å². The number of H-pyrrole nitrogens is 1. The zero-order chi connectivity index (χ0) is 16.5. The molecule has 1 aromatic carbocycles. The van der Waals surface area contributed by atoms with E-state index in [0.717, 1.165) is 23.7 Å². The zero-order valence-corrected chi connectivity index (χ0v) is 13.7.